The highest BCUT2D eigenvalue weighted by Crippen LogP contribution is 2.27. The van der Waals surface area contributed by atoms with Crippen molar-refractivity contribution >= 4 is 11.9 Å². The van der Waals surface area contributed by atoms with E-state index in [1.54, 1.807) is 4.90 Å². The zero-order chi connectivity index (χ0) is 14.6. The van der Waals surface area contributed by atoms with Crippen LogP contribution in [-0.4, -0.2) is 40.0 Å². The van der Waals surface area contributed by atoms with Gasteiger partial charge in [0.05, 0.1) is 6.42 Å². The van der Waals surface area contributed by atoms with Crippen LogP contribution in [0.15, 0.2) is 0 Å². The predicted molar refractivity (Wildman–Crippen MR) is 73.7 cm³/mol. The molecule has 110 valence electrons. The van der Waals surface area contributed by atoms with Gasteiger partial charge >= 0.3 is 5.97 Å². The molecule has 0 radical (unpaired) electrons. The van der Waals surface area contributed by atoms with Crippen molar-refractivity contribution in [2.75, 3.05) is 6.54 Å². The Morgan fingerprint density at radius 2 is 1.74 bits per heavy atom. The molecule has 0 bridgehead atoms. The average Bonchev–Trinajstić information content (AvgIpc) is 2.27. The van der Waals surface area contributed by atoms with E-state index in [0.29, 0.717) is 0 Å². The lowest BCUT2D eigenvalue weighted by molar-refractivity contribution is -0.144. The lowest BCUT2D eigenvalue weighted by Gasteiger charge is -2.39. The number of carboxylic acids is 1. The third-order valence-corrected chi connectivity index (χ3v) is 3.75. The summed E-state index contributed by atoms with van der Waals surface area (Å²) in [6, 6.07) is 0.214. The summed E-state index contributed by atoms with van der Waals surface area (Å²) in [5.41, 5.74) is 5.51. The molecule has 0 unspecified atom stereocenters. The molecule has 0 aromatic carbocycles. The number of rotatable bonds is 4. The number of carbonyl (C=O) groups is 2. The van der Waals surface area contributed by atoms with Gasteiger partial charge in [-0.05, 0) is 46.5 Å². The first-order valence-electron chi connectivity index (χ1n) is 7.00. The van der Waals surface area contributed by atoms with E-state index in [9.17, 15) is 9.59 Å². The van der Waals surface area contributed by atoms with E-state index in [-0.39, 0.29) is 36.4 Å². The zero-order valence-corrected chi connectivity index (χ0v) is 12.2. The first kappa shape index (κ1) is 16.0. The summed E-state index contributed by atoms with van der Waals surface area (Å²) >= 11 is 0. The van der Waals surface area contributed by atoms with Crippen LogP contribution in [-0.2, 0) is 9.59 Å². The van der Waals surface area contributed by atoms with Gasteiger partial charge in [-0.15, -0.1) is 0 Å². The van der Waals surface area contributed by atoms with Gasteiger partial charge in [0, 0.05) is 24.0 Å². The zero-order valence-electron chi connectivity index (χ0n) is 12.2. The third-order valence-electron chi connectivity index (χ3n) is 3.75. The van der Waals surface area contributed by atoms with E-state index < -0.39 is 5.97 Å². The maximum absolute atomic E-state index is 12.6. The summed E-state index contributed by atoms with van der Waals surface area (Å²) in [5, 5.41) is 8.80. The Morgan fingerprint density at radius 1 is 1.21 bits per heavy atom. The number of amides is 1. The minimum atomic E-state index is -0.868. The molecule has 1 saturated carbocycles. The van der Waals surface area contributed by atoms with Crippen molar-refractivity contribution in [2.24, 2.45) is 11.7 Å². The van der Waals surface area contributed by atoms with Gasteiger partial charge < -0.3 is 15.7 Å². The van der Waals surface area contributed by atoms with Gasteiger partial charge in [-0.3, -0.25) is 9.59 Å². The Kier molecular flexibility index (Phi) is 5.35. The van der Waals surface area contributed by atoms with Crippen LogP contribution in [0.5, 0.6) is 0 Å². The van der Waals surface area contributed by atoms with E-state index >= 15 is 0 Å². The molecule has 1 amide bonds. The molecule has 0 spiro atoms. The van der Waals surface area contributed by atoms with Crippen LogP contribution in [0.4, 0.5) is 0 Å². The fourth-order valence-electron chi connectivity index (χ4n) is 2.57. The van der Waals surface area contributed by atoms with Gasteiger partial charge in [0.2, 0.25) is 5.91 Å². The van der Waals surface area contributed by atoms with E-state index in [1.807, 2.05) is 20.8 Å². The van der Waals surface area contributed by atoms with Crippen molar-refractivity contribution < 1.29 is 14.7 Å². The van der Waals surface area contributed by atoms with Crippen molar-refractivity contribution in [2.45, 2.75) is 64.5 Å². The summed E-state index contributed by atoms with van der Waals surface area (Å²) in [6.07, 6.45) is 3.40. The molecule has 19 heavy (non-hydrogen) atoms. The molecule has 0 aliphatic heterocycles. The smallest absolute Gasteiger partial charge is 0.305 e. The highest BCUT2D eigenvalue weighted by Gasteiger charge is 2.33. The minimum Gasteiger partial charge on any atom is -0.481 e. The Morgan fingerprint density at radius 3 is 2.16 bits per heavy atom. The summed E-state index contributed by atoms with van der Waals surface area (Å²) in [7, 11) is 0. The number of nitrogens with two attached hydrogens (primary N) is 1. The monoisotopic (exact) mass is 270 g/mol. The predicted octanol–water partition coefficient (Wildman–Crippen LogP) is 1.61. The molecular weight excluding hydrogens is 244 g/mol. The molecule has 1 aliphatic rings. The largest absolute Gasteiger partial charge is 0.481 e. The summed E-state index contributed by atoms with van der Waals surface area (Å²) in [4.78, 5) is 25.0. The molecule has 5 heteroatoms. The van der Waals surface area contributed by atoms with Gasteiger partial charge in [-0.2, -0.15) is 0 Å². The molecule has 3 N–H and O–H groups in total. The molecule has 5 nitrogen and oxygen atoms in total. The molecule has 0 atom stereocenters. The van der Waals surface area contributed by atoms with Crippen molar-refractivity contribution in [3.8, 4) is 0 Å². The first-order chi connectivity index (χ1) is 8.71. The molecule has 0 aromatic rings. The van der Waals surface area contributed by atoms with E-state index in [2.05, 4.69) is 0 Å². The van der Waals surface area contributed by atoms with Crippen LogP contribution in [0.25, 0.3) is 0 Å². The Labute approximate surface area is 115 Å². The fraction of sp³-hybridized carbons (Fsp3) is 0.857. The van der Waals surface area contributed by atoms with E-state index in [4.69, 9.17) is 10.8 Å². The minimum absolute atomic E-state index is 0.00472. The highest BCUT2D eigenvalue weighted by atomic mass is 16.4. The van der Waals surface area contributed by atoms with Gasteiger partial charge in [-0.1, -0.05) is 0 Å². The van der Waals surface area contributed by atoms with Crippen molar-refractivity contribution in [3.63, 3.8) is 0 Å². The number of hydrogen-bond acceptors (Lipinski definition) is 3. The number of hydrogen-bond donors (Lipinski definition) is 2. The topological polar surface area (TPSA) is 83.6 Å². The molecule has 0 aromatic heterocycles. The van der Waals surface area contributed by atoms with Gasteiger partial charge in [-0.25, -0.2) is 0 Å². The first-order valence-corrected chi connectivity index (χ1v) is 7.00. The van der Waals surface area contributed by atoms with E-state index in [1.165, 1.54) is 0 Å². The highest BCUT2D eigenvalue weighted by molar-refractivity contribution is 5.80. The van der Waals surface area contributed by atoms with Crippen LogP contribution in [0.2, 0.25) is 0 Å². The Balaban J connectivity index is 2.68. The maximum Gasteiger partial charge on any atom is 0.305 e. The second-order valence-corrected chi connectivity index (χ2v) is 6.42. The van der Waals surface area contributed by atoms with Crippen LogP contribution in [0.3, 0.4) is 0 Å². The van der Waals surface area contributed by atoms with Crippen molar-refractivity contribution in [3.05, 3.63) is 0 Å². The normalized spacial score (nSPS) is 24.0. The molecule has 0 heterocycles. The molecule has 0 saturated heterocycles. The van der Waals surface area contributed by atoms with Gasteiger partial charge in [0.25, 0.3) is 0 Å². The molecule has 1 rings (SSSR count). The quantitative estimate of drug-likeness (QED) is 0.813. The van der Waals surface area contributed by atoms with Crippen LogP contribution in [0.1, 0.15) is 52.9 Å². The third kappa shape index (κ3) is 4.82. The second kappa shape index (κ2) is 6.37. The standard InChI is InChI=1S/C14H26N2O3/c1-14(2,3)16(9-8-12(17)18)13(19)10-4-6-11(15)7-5-10/h10-11H,4-9,15H2,1-3H3,(H,17,18). The SMILES string of the molecule is CC(C)(C)N(CCC(=O)O)C(=O)C1CCC(N)CC1. The number of carboxylic acid groups (broad SMARTS) is 1. The molecule has 1 fully saturated rings. The number of aliphatic carboxylic acids is 1. The summed E-state index contributed by atoms with van der Waals surface area (Å²) in [6.45, 7) is 6.12. The van der Waals surface area contributed by atoms with Gasteiger partial charge in [0.1, 0.15) is 0 Å². The number of carbonyl (C=O) groups excluding carboxylic acids is 1. The van der Waals surface area contributed by atoms with E-state index in [0.717, 1.165) is 25.7 Å². The van der Waals surface area contributed by atoms with Gasteiger partial charge in [0.15, 0.2) is 0 Å². The Hall–Kier alpha value is -1.10. The molecule has 1 aliphatic carbocycles. The van der Waals surface area contributed by atoms with Crippen LogP contribution >= 0.6 is 0 Å². The summed E-state index contributed by atoms with van der Waals surface area (Å²) < 4.78 is 0. The molecular formula is C14H26N2O3. The van der Waals surface area contributed by atoms with Crippen LogP contribution < -0.4 is 5.73 Å². The Bertz CT molecular complexity index is 328. The number of nitrogens with zero attached hydrogens (tertiary/aromatic N) is 1. The lowest BCUT2D eigenvalue weighted by atomic mass is 9.84. The summed E-state index contributed by atoms with van der Waals surface area (Å²) in [5.74, 6) is -0.777. The fourth-order valence-corrected chi connectivity index (χ4v) is 2.57. The maximum atomic E-state index is 12.6. The van der Waals surface area contributed by atoms with Crippen molar-refractivity contribution in [1.29, 1.82) is 0 Å². The van der Waals surface area contributed by atoms with Crippen molar-refractivity contribution in [1.82, 2.24) is 4.90 Å². The second-order valence-electron chi connectivity index (χ2n) is 6.42. The average molecular weight is 270 g/mol. The van der Waals surface area contributed by atoms with Crippen LogP contribution in [0, 0.1) is 5.92 Å². The lowest BCUT2D eigenvalue weighted by Crippen LogP contribution is -2.50.